The van der Waals surface area contributed by atoms with E-state index in [-0.39, 0.29) is 0 Å². The van der Waals surface area contributed by atoms with E-state index in [1.54, 1.807) is 11.8 Å². The van der Waals surface area contributed by atoms with E-state index in [0.717, 1.165) is 49.0 Å². The van der Waals surface area contributed by atoms with Gasteiger partial charge in [0.25, 0.3) is 0 Å². The molecule has 156 valence electrons. The molecule has 0 fully saturated rings. The Labute approximate surface area is 176 Å². The molecular weight excluding hydrogens is 386 g/mol. The quantitative estimate of drug-likeness (QED) is 0.388. The van der Waals surface area contributed by atoms with E-state index in [0.29, 0.717) is 30.0 Å². The topological polar surface area (TPSA) is 78.9 Å². The van der Waals surface area contributed by atoms with Crippen molar-refractivity contribution in [1.29, 1.82) is 0 Å². The molecule has 2 heterocycles. The molecule has 0 aliphatic carbocycles. The first-order valence-corrected chi connectivity index (χ1v) is 11.2. The summed E-state index contributed by atoms with van der Waals surface area (Å²) in [4.78, 5) is 4.47. The summed E-state index contributed by atoms with van der Waals surface area (Å²) in [6.07, 6.45) is 4.05. The second-order valence-electron chi connectivity index (χ2n) is 7.33. The van der Waals surface area contributed by atoms with E-state index >= 15 is 0 Å². The maximum Gasteiger partial charge on any atom is 0.226 e. The smallest absolute Gasteiger partial charge is 0.226 e. The lowest BCUT2D eigenvalue weighted by molar-refractivity contribution is 0.285. The number of hydrogen-bond donors (Lipinski definition) is 0. The predicted octanol–water partition coefficient (Wildman–Crippen LogP) is 4.92. The van der Waals surface area contributed by atoms with Gasteiger partial charge in [-0.2, -0.15) is 4.98 Å². The minimum atomic E-state index is 0.388. The maximum atomic E-state index is 5.88. The van der Waals surface area contributed by atoms with Crippen molar-refractivity contribution in [3.8, 4) is 5.75 Å². The van der Waals surface area contributed by atoms with Crippen LogP contribution in [0.4, 0.5) is 0 Å². The van der Waals surface area contributed by atoms with E-state index in [9.17, 15) is 0 Å². The first kappa shape index (κ1) is 21.4. The highest BCUT2D eigenvalue weighted by Gasteiger charge is 2.15. The van der Waals surface area contributed by atoms with Crippen LogP contribution in [-0.4, -0.2) is 24.9 Å². The van der Waals surface area contributed by atoms with E-state index in [4.69, 9.17) is 9.26 Å². The lowest BCUT2D eigenvalue weighted by Gasteiger charge is -2.12. The van der Waals surface area contributed by atoms with Crippen molar-refractivity contribution >= 4 is 11.8 Å². The van der Waals surface area contributed by atoms with Crippen molar-refractivity contribution in [3.63, 3.8) is 0 Å². The Hall–Kier alpha value is -2.35. The van der Waals surface area contributed by atoms with Crippen LogP contribution >= 0.6 is 11.8 Å². The Morgan fingerprint density at radius 1 is 1.17 bits per heavy atom. The highest BCUT2D eigenvalue weighted by Crippen LogP contribution is 2.23. The van der Waals surface area contributed by atoms with Gasteiger partial charge in [-0.15, -0.1) is 10.2 Å². The van der Waals surface area contributed by atoms with Gasteiger partial charge in [-0.1, -0.05) is 62.3 Å². The molecular formula is C21H29N5O2S. The molecule has 0 N–H and O–H groups in total. The third-order valence-electron chi connectivity index (χ3n) is 4.42. The molecule has 29 heavy (non-hydrogen) atoms. The van der Waals surface area contributed by atoms with Crippen LogP contribution in [0, 0.1) is 5.92 Å². The average Bonchev–Trinajstić information content (AvgIpc) is 3.34. The Morgan fingerprint density at radius 2 is 2.00 bits per heavy atom. The van der Waals surface area contributed by atoms with E-state index < -0.39 is 0 Å². The first-order valence-electron chi connectivity index (χ1n) is 10.2. The monoisotopic (exact) mass is 415 g/mol. The Morgan fingerprint density at radius 3 is 2.76 bits per heavy atom. The van der Waals surface area contributed by atoms with E-state index in [2.05, 4.69) is 45.7 Å². The van der Waals surface area contributed by atoms with Gasteiger partial charge in [0.05, 0.1) is 5.75 Å². The van der Waals surface area contributed by atoms with Gasteiger partial charge in [-0.3, -0.25) is 0 Å². The first-order chi connectivity index (χ1) is 14.2. The molecule has 0 amide bonds. The van der Waals surface area contributed by atoms with Crippen molar-refractivity contribution in [2.45, 2.75) is 70.5 Å². The van der Waals surface area contributed by atoms with Crippen molar-refractivity contribution in [1.82, 2.24) is 24.9 Å². The molecule has 0 saturated carbocycles. The largest absolute Gasteiger partial charge is 0.486 e. The summed E-state index contributed by atoms with van der Waals surface area (Å²) in [5.41, 5.74) is 0. The second-order valence-corrected chi connectivity index (χ2v) is 8.27. The minimum Gasteiger partial charge on any atom is -0.486 e. The molecule has 0 saturated heterocycles. The molecule has 1 aromatic carbocycles. The number of para-hydroxylation sites is 1. The normalized spacial score (nSPS) is 11.3. The van der Waals surface area contributed by atoms with Crippen LogP contribution in [0.1, 0.15) is 57.6 Å². The lowest BCUT2D eigenvalue weighted by Crippen LogP contribution is -2.10. The van der Waals surface area contributed by atoms with Gasteiger partial charge in [0.2, 0.25) is 5.89 Å². The Kier molecular flexibility index (Phi) is 8.10. The molecule has 0 unspecified atom stereocenters. The fourth-order valence-electron chi connectivity index (χ4n) is 2.72. The van der Waals surface area contributed by atoms with Crippen LogP contribution in [0.2, 0.25) is 0 Å². The zero-order chi connectivity index (χ0) is 20.5. The molecule has 3 aromatic rings. The molecule has 2 aromatic heterocycles. The van der Waals surface area contributed by atoms with Gasteiger partial charge in [-0.05, 0) is 30.9 Å². The summed E-state index contributed by atoms with van der Waals surface area (Å²) in [5, 5.41) is 13.7. The fourth-order valence-corrected chi connectivity index (χ4v) is 3.54. The number of unbranched alkanes of at least 4 members (excludes halogenated alkanes) is 1. The van der Waals surface area contributed by atoms with Gasteiger partial charge >= 0.3 is 0 Å². The van der Waals surface area contributed by atoms with Crippen molar-refractivity contribution in [2.75, 3.05) is 0 Å². The van der Waals surface area contributed by atoms with Crippen LogP contribution in [-0.2, 0) is 25.3 Å². The summed E-state index contributed by atoms with van der Waals surface area (Å²) in [6.45, 7) is 7.83. The zero-order valence-corrected chi connectivity index (χ0v) is 18.2. The SMILES string of the molecule is CCCCc1nc(CSc2nnc(COc3ccccc3)n2CCC(C)C)no1. The molecule has 0 aliphatic heterocycles. The van der Waals surface area contributed by atoms with Crippen molar-refractivity contribution in [2.24, 2.45) is 5.92 Å². The van der Waals surface area contributed by atoms with Crippen LogP contribution in [0.15, 0.2) is 40.0 Å². The number of aromatic nitrogens is 5. The Balaban J connectivity index is 1.65. The molecule has 0 bridgehead atoms. The summed E-state index contributed by atoms with van der Waals surface area (Å²) in [5.74, 6) is 4.26. The maximum absolute atomic E-state index is 5.88. The highest BCUT2D eigenvalue weighted by molar-refractivity contribution is 7.98. The van der Waals surface area contributed by atoms with E-state index in [1.807, 2.05) is 30.3 Å². The van der Waals surface area contributed by atoms with Gasteiger partial charge in [0, 0.05) is 13.0 Å². The summed E-state index contributed by atoms with van der Waals surface area (Å²) >= 11 is 1.58. The molecule has 8 heteroatoms. The molecule has 0 radical (unpaired) electrons. The number of aryl methyl sites for hydroxylation is 1. The number of nitrogens with zero attached hydrogens (tertiary/aromatic N) is 5. The standard InChI is InChI=1S/C21H29N5O2S/c1-4-5-11-20-22-18(25-28-20)15-29-21-24-23-19(26(21)13-12-16(2)3)14-27-17-9-7-6-8-10-17/h6-10,16H,4-5,11-15H2,1-3H3. The molecule has 0 atom stereocenters. The zero-order valence-electron chi connectivity index (χ0n) is 17.4. The number of hydrogen-bond acceptors (Lipinski definition) is 7. The molecule has 3 rings (SSSR count). The molecule has 7 nitrogen and oxygen atoms in total. The average molecular weight is 416 g/mol. The van der Waals surface area contributed by atoms with Crippen LogP contribution in [0.3, 0.4) is 0 Å². The van der Waals surface area contributed by atoms with Gasteiger partial charge in [0.1, 0.15) is 12.4 Å². The fraction of sp³-hybridized carbons (Fsp3) is 0.524. The number of thioether (sulfide) groups is 1. The second kappa shape index (κ2) is 11.0. The molecule has 0 spiro atoms. The lowest BCUT2D eigenvalue weighted by atomic mass is 10.1. The molecule has 0 aliphatic rings. The minimum absolute atomic E-state index is 0.388. The summed E-state index contributed by atoms with van der Waals surface area (Å²) in [6, 6.07) is 9.77. The van der Waals surface area contributed by atoms with E-state index in [1.165, 1.54) is 0 Å². The van der Waals surface area contributed by atoms with Gasteiger partial charge in [0.15, 0.2) is 16.8 Å². The van der Waals surface area contributed by atoms with Gasteiger partial charge < -0.3 is 13.8 Å². The number of benzene rings is 1. The highest BCUT2D eigenvalue weighted by atomic mass is 32.2. The third kappa shape index (κ3) is 6.59. The van der Waals surface area contributed by atoms with Gasteiger partial charge in [-0.25, -0.2) is 0 Å². The third-order valence-corrected chi connectivity index (χ3v) is 5.38. The summed E-state index contributed by atoms with van der Waals surface area (Å²) < 4.78 is 13.3. The van der Waals surface area contributed by atoms with Crippen molar-refractivity contribution in [3.05, 3.63) is 47.9 Å². The Bertz CT molecular complexity index is 863. The number of ether oxygens (including phenoxy) is 1. The van der Waals surface area contributed by atoms with Crippen LogP contribution in [0.25, 0.3) is 0 Å². The van der Waals surface area contributed by atoms with Crippen LogP contribution in [0.5, 0.6) is 5.75 Å². The summed E-state index contributed by atoms with van der Waals surface area (Å²) in [7, 11) is 0. The number of rotatable bonds is 12. The van der Waals surface area contributed by atoms with Crippen molar-refractivity contribution < 1.29 is 9.26 Å². The predicted molar refractivity (Wildman–Crippen MR) is 113 cm³/mol. The van der Waals surface area contributed by atoms with Crippen LogP contribution < -0.4 is 4.74 Å².